The van der Waals surface area contributed by atoms with Crippen LogP contribution in [0.3, 0.4) is 0 Å². The molecule has 32 heavy (non-hydrogen) atoms. The standard InChI is InChI=1S/C23H21F3N4O2/c24-23(25,26)18-6-2-1-4-15(18)12-17-5-3-7-19(29-17)20-14-30(10-11-32-20)22(31)16-8-9-21(27)28-13-16/h1-9,13,20H,10-12,14H2,(H2,27,28). The predicted octanol–water partition coefficient (Wildman–Crippen LogP) is 3.88. The van der Waals surface area contributed by atoms with E-state index in [4.69, 9.17) is 10.5 Å². The Kier molecular flexibility index (Phi) is 6.09. The minimum atomic E-state index is -4.43. The molecule has 0 radical (unpaired) electrons. The maximum atomic E-state index is 13.3. The van der Waals surface area contributed by atoms with Crippen molar-refractivity contribution in [2.24, 2.45) is 0 Å². The van der Waals surface area contributed by atoms with Crippen LogP contribution in [-0.4, -0.2) is 40.5 Å². The van der Waals surface area contributed by atoms with Crippen LogP contribution in [0.1, 0.15) is 39.0 Å². The maximum Gasteiger partial charge on any atom is 0.416 e. The van der Waals surface area contributed by atoms with Gasteiger partial charge in [0.15, 0.2) is 0 Å². The normalized spacial score (nSPS) is 16.7. The van der Waals surface area contributed by atoms with Gasteiger partial charge in [0.25, 0.3) is 5.91 Å². The number of aromatic nitrogens is 2. The summed E-state index contributed by atoms with van der Waals surface area (Å²) in [6, 6.07) is 13.8. The molecule has 3 aromatic rings. The van der Waals surface area contributed by atoms with Gasteiger partial charge in [0.05, 0.1) is 30.0 Å². The quantitative estimate of drug-likeness (QED) is 0.663. The van der Waals surface area contributed by atoms with Gasteiger partial charge >= 0.3 is 6.18 Å². The summed E-state index contributed by atoms with van der Waals surface area (Å²) in [5.74, 6) is 0.135. The van der Waals surface area contributed by atoms with Crippen molar-refractivity contribution in [2.75, 3.05) is 25.4 Å². The lowest BCUT2D eigenvalue weighted by atomic mass is 10.0. The number of nitrogens with zero attached hydrogens (tertiary/aromatic N) is 3. The number of amides is 1. The van der Waals surface area contributed by atoms with Gasteiger partial charge in [-0.2, -0.15) is 13.2 Å². The van der Waals surface area contributed by atoms with E-state index in [0.29, 0.717) is 35.9 Å². The molecule has 1 fully saturated rings. The van der Waals surface area contributed by atoms with Crippen molar-refractivity contribution in [3.05, 3.63) is 88.9 Å². The third kappa shape index (κ3) is 4.88. The van der Waals surface area contributed by atoms with Gasteiger partial charge in [0.2, 0.25) is 0 Å². The first kappa shape index (κ1) is 21.8. The van der Waals surface area contributed by atoms with Crippen LogP contribution in [0.4, 0.5) is 19.0 Å². The van der Waals surface area contributed by atoms with Crippen LogP contribution < -0.4 is 5.73 Å². The van der Waals surface area contributed by atoms with E-state index in [1.165, 1.54) is 18.3 Å². The Morgan fingerprint density at radius 1 is 1.12 bits per heavy atom. The SMILES string of the molecule is Nc1ccc(C(=O)N2CCOC(c3cccc(Cc4ccccc4C(F)(F)F)n3)C2)cn1. The summed E-state index contributed by atoms with van der Waals surface area (Å²) in [5.41, 5.74) is 6.55. The number of carbonyl (C=O) groups is 1. The van der Waals surface area contributed by atoms with E-state index >= 15 is 0 Å². The number of nitrogens with two attached hydrogens (primary N) is 1. The van der Waals surface area contributed by atoms with Gasteiger partial charge in [0, 0.05) is 24.9 Å². The van der Waals surface area contributed by atoms with Crippen LogP contribution in [0, 0.1) is 0 Å². The number of halogens is 3. The molecule has 9 heteroatoms. The average Bonchev–Trinajstić information content (AvgIpc) is 2.79. The molecule has 1 aromatic carbocycles. The lowest BCUT2D eigenvalue weighted by Crippen LogP contribution is -2.42. The van der Waals surface area contributed by atoms with Gasteiger partial charge in [-0.25, -0.2) is 4.98 Å². The van der Waals surface area contributed by atoms with Crippen molar-refractivity contribution in [3.63, 3.8) is 0 Å². The lowest BCUT2D eigenvalue weighted by Gasteiger charge is -2.32. The Labute approximate surface area is 182 Å². The van der Waals surface area contributed by atoms with E-state index in [1.807, 2.05) is 0 Å². The van der Waals surface area contributed by atoms with Crippen LogP contribution in [-0.2, 0) is 17.3 Å². The number of pyridine rings is 2. The Morgan fingerprint density at radius 2 is 1.94 bits per heavy atom. The molecule has 4 rings (SSSR count). The van der Waals surface area contributed by atoms with Crippen LogP contribution >= 0.6 is 0 Å². The number of hydrogen-bond donors (Lipinski definition) is 1. The molecule has 1 atom stereocenters. The highest BCUT2D eigenvalue weighted by molar-refractivity contribution is 5.94. The average molecular weight is 442 g/mol. The van der Waals surface area contributed by atoms with Gasteiger partial charge in [-0.15, -0.1) is 0 Å². The first-order valence-electron chi connectivity index (χ1n) is 10.0. The third-order valence-corrected chi connectivity index (χ3v) is 5.24. The number of ether oxygens (including phenoxy) is 1. The molecule has 1 amide bonds. The number of nitrogen functional groups attached to an aromatic ring is 1. The summed E-state index contributed by atoms with van der Waals surface area (Å²) in [5, 5.41) is 0. The van der Waals surface area contributed by atoms with E-state index in [0.717, 1.165) is 6.07 Å². The van der Waals surface area contributed by atoms with Crippen molar-refractivity contribution in [1.82, 2.24) is 14.9 Å². The van der Waals surface area contributed by atoms with Crippen molar-refractivity contribution >= 4 is 11.7 Å². The van der Waals surface area contributed by atoms with Crippen LogP contribution in [0.5, 0.6) is 0 Å². The third-order valence-electron chi connectivity index (χ3n) is 5.24. The second-order valence-corrected chi connectivity index (χ2v) is 7.47. The largest absolute Gasteiger partial charge is 0.416 e. The predicted molar refractivity (Wildman–Crippen MR) is 112 cm³/mol. The van der Waals surface area contributed by atoms with Crippen molar-refractivity contribution in [3.8, 4) is 0 Å². The van der Waals surface area contributed by atoms with Crippen LogP contribution in [0.15, 0.2) is 60.8 Å². The van der Waals surface area contributed by atoms with Crippen molar-refractivity contribution in [1.29, 1.82) is 0 Å². The molecule has 166 valence electrons. The molecular weight excluding hydrogens is 421 g/mol. The number of rotatable bonds is 4. The highest BCUT2D eigenvalue weighted by atomic mass is 19.4. The smallest absolute Gasteiger partial charge is 0.384 e. The summed E-state index contributed by atoms with van der Waals surface area (Å²) in [4.78, 5) is 22.9. The first-order valence-corrected chi connectivity index (χ1v) is 10.0. The lowest BCUT2D eigenvalue weighted by molar-refractivity contribution is -0.138. The molecule has 0 saturated carbocycles. The van der Waals surface area contributed by atoms with E-state index in [9.17, 15) is 18.0 Å². The van der Waals surface area contributed by atoms with Crippen molar-refractivity contribution in [2.45, 2.75) is 18.7 Å². The summed E-state index contributed by atoms with van der Waals surface area (Å²) >= 11 is 0. The number of alkyl halides is 3. The van der Waals surface area contributed by atoms with Gasteiger partial charge in [0.1, 0.15) is 11.9 Å². The molecule has 1 unspecified atom stereocenters. The molecule has 0 bridgehead atoms. The number of carbonyl (C=O) groups excluding carboxylic acids is 1. The fourth-order valence-corrected chi connectivity index (χ4v) is 3.65. The molecule has 0 spiro atoms. The van der Waals surface area contributed by atoms with E-state index in [2.05, 4.69) is 9.97 Å². The molecule has 2 aromatic heterocycles. The molecular formula is C23H21F3N4O2. The zero-order valence-corrected chi connectivity index (χ0v) is 17.0. The molecule has 6 nitrogen and oxygen atoms in total. The molecule has 2 N–H and O–H groups in total. The fraction of sp³-hybridized carbons (Fsp3) is 0.261. The van der Waals surface area contributed by atoms with Crippen LogP contribution in [0.25, 0.3) is 0 Å². The summed E-state index contributed by atoms with van der Waals surface area (Å²) < 4.78 is 45.7. The molecule has 0 aliphatic carbocycles. The minimum absolute atomic E-state index is 0.0377. The van der Waals surface area contributed by atoms with Crippen molar-refractivity contribution < 1.29 is 22.7 Å². The van der Waals surface area contributed by atoms with Gasteiger partial charge < -0.3 is 15.4 Å². The Morgan fingerprint density at radius 3 is 2.69 bits per heavy atom. The fourth-order valence-electron chi connectivity index (χ4n) is 3.65. The van der Waals surface area contributed by atoms with E-state index in [1.54, 1.807) is 41.3 Å². The van der Waals surface area contributed by atoms with Gasteiger partial charge in [-0.1, -0.05) is 24.3 Å². The Bertz CT molecular complexity index is 1100. The second-order valence-electron chi connectivity index (χ2n) is 7.47. The summed E-state index contributed by atoms with van der Waals surface area (Å²) in [6.45, 7) is 1.01. The Balaban J connectivity index is 1.51. The number of anilines is 1. The second kappa shape index (κ2) is 8.96. The molecule has 1 saturated heterocycles. The number of morpholine rings is 1. The molecule has 1 aliphatic rings. The van der Waals surface area contributed by atoms with Gasteiger partial charge in [-0.05, 0) is 35.9 Å². The Hall–Kier alpha value is -3.46. The zero-order valence-electron chi connectivity index (χ0n) is 17.0. The highest BCUT2D eigenvalue weighted by Gasteiger charge is 2.33. The molecule has 1 aliphatic heterocycles. The first-order chi connectivity index (χ1) is 15.3. The maximum absolute atomic E-state index is 13.3. The van der Waals surface area contributed by atoms with Crippen LogP contribution in [0.2, 0.25) is 0 Å². The summed E-state index contributed by atoms with van der Waals surface area (Å²) in [7, 11) is 0. The van der Waals surface area contributed by atoms with E-state index in [-0.39, 0.29) is 24.4 Å². The van der Waals surface area contributed by atoms with Gasteiger partial charge in [-0.3, -0.25) is 9.78 Å². The van der Waals surface area contributed by atoms with E-state index < -0.39 is 17.8 Å². The highest BCUT2D eigenvalue weighted by Crippen LogP contribution is 2.33. The molecule has 3 heterocycles. The monoisotopic (exact) mass is 442 g/mol. The topological polar surface area (TPSA) is 81.3 Å². The number of hydrogen-bond acceptors (Lipinski definition) is 5. The minimum Gasteiger partial charge on any atom is -0.384 e. The zero-order chi connectivity index (χ0) is 22.7. The number of benzene rings is 1. The summed E-state index contributed by atoms with van der Waals surface area (Å²) in [6.07, 6.45) is -3.44.